The maximum absolute atomic E-state index is 13.7. The summed E-state index contributed by atoms with van der Waals surface area (Å²) in [6.45, 7) is 0. The zero-order chi connectivity index (χ0) is 13.8. The van der Waals surface area contributed by atoms with Crippen LogP contribution in [0.15, 0.2) is 46.9 Å². The first-order chi connectivity index (χ1) is 9.13. The fourth-order valence-electron chi connectivity index (χ4n) is 1.97. The minimum absolute atomic E-state index is 0.0410. The van der Waals surface area contributed by atoms with Gasteiger partial charge in [0.2, 0.25) is 0 Å². The molecule has 2 aromatic rings. The van der Waals surface area contributed by atoms with Gasteiger partial charge in [0.25, 0.3) is 0 Å². The highest BCUT2D eigenvalue weighted by molar-refractivity contribution is 9.10. The Hall–Kier alpha value is -1.30. The van der Waals surface area contributed by atoms with Crippen molar-refractivity contribution in [2.75, 3.05) is 0 Å². The second kappa shape index (κ2) is 6.23. The average molecular weight is 327 g/mol. The van der Waals surface area contributed by atoms with Crippen LogP contribution in [0.2, 0.25) is 0 Å². The molecule has 2 rings (SSSR count). The molecule has 19 heavy (non-hydrogen) atoms. The van der Waals surface area contributed by atoms with Gasteiger partial charge in [0.05, 0.1) is 6.04 Å². The standard InChI is InChI=1S/C14H13BrF2N2/c15-10-5-2-1-4-9(10)8-13(19-18)14-11(16)6-3-7-12(14)17/h1-7,13,19H,8,18H2. The molecule has 1 atom stereocenters. The van der Waals surface area contributed by atoms with Gasteiger partial charge in [-0.25, -0.2) is 8.78 Å². The van der Waals surface area contributed by atoms with Crippen LogP contribution in [0.5, 0.6) is 0 Å². The highest BCUT2D eigenvalue weighted by Crippen LogP contribution is 2.26. The van der Waals surface area contributed by atoms with E-state index >= 15 is 0 Å². The third-order valence-corrected chi connectivity index (χ3v) is 3.70. The largest absolute Gasteiger partial charge is 0.271 e. The Labute approximate surface area is 118 Å². The van der Waals surface area contributed by atoms with Crippen LogP contribution in [0.25, 0.3) is 0 Å². The van der Waals surface area contributed by atoms with Gasteiger partial charge < -0.3 is 0 Å². The first kappa shape index (κ1) is 14.1. The quantitative estimate of drug-likeness (QED) is 0.667. The molecule has 2 aromatic carbocycles. The Morgan fingerprint density at radius 1 is 1.05 bits per heavy atom. The molecule has 0 aliphatic heterocycles. The number of hydrazine groups is 1. The minimum atomic E-state index is -0.625. The second-order valence-corrected chi connectivity index (χ2v) is 5.00. The van der Waals surface area contributed by atoms with Crippen molar-refractivity contribution in [2.45, 2.75) is 12.5 Å². The van der Waals surface area contributed by atoms with Crippen LogP contribution in [0.4, 0.5) is 8.78 Å². The molecule has 0 spiro atoms. The number of nitrogens with two attached hydrogens (primary N) is 1. The fourth-order valence-corrected chi connectivity index (χ4v) is 2.42. The van der Waals surface area contributed by atoms with E-state index in [4.69, 9.17) is 5.84 Å². The SMILES string of the molecule is NNC(Cc1ccccc1Br)c1c(F)cccc1F. The zero-order valence-corrected chi connectivity index (χ0v) is 11.6. The second-order valence-electron chi connectivity index (χ2n) is 4.15. The van der Waals surface area contributed by atoms with E-state index in [9.17, 15) is 8.78 Å². The van der Waals surface area contributed by atoms with Crippen LogP contribution in [-0.4, -0.2) is 0 Å². The van der Waals surface area contributed by atoms with Crippen molar-refractivity contribution in [1.82, 2.24) is 5.43 Å². The predicted molar refractivity (Wildman–Crippen MR) is 74.3 cm³/mol. The summed E-state index contributed by atoms with van der Waals surface area (Å²) in [6.07, 6.45) is 0.385. The molecule has 0 aliphatic rings. The Morgan fingerprint density at radius 2 is 1.68 bits per heavy atom. The number of hydrogen-bond donors (Lipinski definition) is 2. The smallest absolute Gasteiger partial charge is 0.130 e. The molecule has 0 bridgehead atoms. The summed E-state index contributed by atoms with van der Waals surface area (Å²) in [7, 11) is 0. The van der Waals surface area contributed by atoms with Crippen LogP contribution in [0, 0.1) is 11.6 Å². The number of halogens is 3. The number of benzene rings is 2. The van der Waals surface area contributed by atoms with Gasteiger partial charge in [-0.1, -0.05) is 40.2 Å². The number of nitrogens with one attached hydrogen (secondary N) is 1. The van der Waals surface area contributed by atoms with Gasteiger partial charge in [-0.05, 0) is 30.2 Å². The first-order valence-electron chi connectivity index (χ1n) is 5.77. The van der Waals surface area contributed by atoms with E-state index in [1.165, 1.54) is 18.2 Å². The van der Waals surface area contributed by atoms with Gasteiger partial charge in [-0.3, -0.25) is 11.3 Å². The summed E-state index contributed by atoms with van der Waals surface area (Å²) >= 11 is 3.41. The predicted octanol–water partition coefficient (Wildman–Crippen LogP) is 3.47. The Bertz CT molecular complexity index is 555. The molecule has 0 aliphatic carbocycles. The molecule has 0 radical (unpaired) electrons. The maximum atomic E-state index is 13.7. The topological polar surface area (TPSA) is 38.0 Å². The highest BCUT2D eigenvalue weighted by Gasteiger charge is 2.20. The van der Waals surface area contributed by atoms with Gasteiger partial charge in [0, 0.05) is 10.0 Å². The van der Waals surface area contributed by atoms with Gasteiger partial charge in [-0.15, -0.1) is 0 Å². The molecule has 0 aromatic heterocycles. The monoisotopic (exact) mass is 326 g/mol. The summed E-state index contributed by atoms with van der Waals surface area (Å²) in [5, 5.41) is 0. The summed E-state index contributed by atoms with van der Waals surface area (Å²) in [4.78, 5) is 0. The van der Waals surface area contributed by atoms with E-state index in [1.807, 2.05) is 24.3 Å². The number of hydrogen-bond acceptors (Lipinski definition) is 2. The van der Waals surface area contributed by atoms with Gasteiger partial charge in [0.15, 0.2) is 0 Å². The Kier molecular flexibility index (Phi) is 4.63. The Morgan fingerprint density at radius 3 is 2.26 bits per heavy atom. The molecule has 0 saturated heterocycles. The van der Waals surface area contributed by atoms with E-state index in [2.05, 4.69) is 21.4 Å². The molecular formula is C14H13BrF2N2. The van der Waals surface area contributed by atoms with E-state index < -0.39 is 17.7 Å². The van der Waals surface area contributed by atoms with E-state index in [-0.39, 0.29) is 5.56 Å². The molecule has 3 N–H and O–H groups in total. The molecule has 0 heterocycles. The summed E-state index contributed by atoms with van der Waals surface area (Å²) in [5.41, 5.74) is 3.36. The summed E-state index contributed by atoms with van der Waals surface area (Å²) in [5.74, 6) is 4.24. The number of rotatable bonds is 4. The van der Waals surface area contributed by atoms with Crippen LogP contribution in [0.1, 0.15) is 17.2 Å². The molecule has 0 fully saturated rings. The Balaban J connectivity index is 2.34. The summed E-state index contributed by atoms with van der Waals surface area (Å²) < 4.78 is 28.4. The first-order valence-corrected chi connectivity index (χ1v) is 6.56. The average Bonchev–Trinajstić information content (AvgIpc) is 2.39. The van der Waals surface area contributed by atoms with Crippen molar-refractivity contribution in [3.05, 3.63) is 69.7 Å². The van der Waals surface area contributed by atoms with E-state index in [0.717, 1.165) is 10.0 Å². The molecule has 0 saturated carbocycles. The zero-order valence-electron chi connectivity index (χ0n) is 10.0. The molecule has 2 nitrogen and oxygen atoms in total. The lowest BCUT2D eigenvalue weighted by atomic mass is 9.98. The van der Waals surface area contributed by atoms with Crippen molar-refractivity contribution < 1.29 is 8.78 Å². The lowest BCUT2D eigenvalue weighted by molar-refractivity contribution is 0.472. The third kappa shape index (κ3) is 3.18. The van der Waals surface area contributed by atoms with E-state index in [0.29, 0.717) is 6.42 Å². The molecule has 1 unspecified atom stereocenters. The van der Waals surface area contributed by atoms with Crippen molar-refractivity contribution >= 4 is 15.9 Å². The third-order valence-electron chi connectivity index (χ3n) is 2.93. The van der Waals surface area contributed by atoms with Crippen molar-refractivity contribution in [1.29, 1.82) is 0 Å². The molecular weight excluding hydrogens is 314 g/mol. The van der Waals surface area contributed by atoms with Crippen molar-refractivity contribution in [3.8, 4) is 0 Å². The van der Waals surface area contributed by atoms with Crippen LogP contribution >= 0.6 is 15.9 Å². The lowest BCUT2D eigenvalue weighted by Crippen LogP contribution is -2.31. The molecule has 0 amide bonds. The summed E-state index contributed by atoms with van der Waals surface area (Å²) in [6, 6.07) is 10.7. The fraction of sp³-hybridized carbons (Fsp3) is 0.143. The molecule has 5 heteroatoms. The highest BCUT2D eigenvalue weighted by atomic mass is 79.9. The van der Waals surface area contributed by atoms with Gasteiger partial charge in [0.1, 0.15) is 11.6 Å². The normalized spacial score (nSPS) is 12.4. The van der Waals surface area contributed by atoms with Crippen LogP contribution in [0.3, 0.4) is 0 Å². The van der Waals surface area contributed by atoms with Crippen molar-refractivity contribution in [3.63, 3.8) is 0 Å². The van der Waals surface area contributed by atoms with Crippen molar-refractivity contribution in [2.24, 2.45) is 5.84 Å². The van der Waals surface area contributed by atoms with E-state index in [1.54, 1.807) is 0 Å². The van der Waals surface area contributed by atoms with Crippen LogP contribution in [-0.2, 0) is 6.42 Å². The van der Waals surface area contributed by atoms with Gasteiger partial charge >= 0.3 is 0 Å². The molecule has 100 valence electrons. The van der Waals surface area contributed by atoms with Crippen LogP contribution < -0.4 is 11.3 Å². The minimum Gasteiger partial charge on any atom is -0.271 e. The lowest BCUT2D eigenvalue weighted by Gasteiger charge is -2.18. The van der Waals surface area contributed by atoms with Gasteiger partial charge in [-0.2, -0.15) is 0 Å². The maximum Gasteiger partial charge on any atom is 0.130 e.